The Bertz CT molecular complexity index is 596. The van der Waals surface area contributed by atoms with E-state index in [1.807, 2.05) is 6.26 Å². The van der Waals surface area contributed by atoms with Gasteiger partial charge in [-0.15, -0.1) is 0 Å². The van der Waals surface area contributed by atoms with Gasteiger partial charge >= 0.3 is 0 Å². The van der Waals surface area contributed by atoms with Crippen molar-refractivity contribution < 1.29 is 5.11 Å². The molecule has 84 valence electrons. The molecule has 0 atom stereocenters. The van der Waals surface area contributed by atoms with Crippen LogP contribution < -0.4 is 11.2 Å². The van der Waals surface area contributed by atoms with E-state index in [0.717, 1.165) is 0 Å². The quantitative estimate of drug-likeness (QED) is 0.507. The number of fused-ring (bicyclic) bond motifs is 1. The van der Waals surface area contributed by atoms with Crippen molar-refractivity contribution in [1.29, 1.82) is 0 Å². The Hall–Kier alpha value is -1.60. The fourth-order valence-electron chi connectivity index (χ4n) is 1.38. The van der Waals surface area contributed by atoms with Crippen molar-refractivity contribution in [3.8, 4) is 0 Å². The van der Waals surface area contributed by atoms with Crippen LogP contribution in [0.25, 0.3) is 11.0 Å². The predicted octanol–water partition coefficient (Wildman–Crippen LogP) is 0.115. The van der Waals surface area contributed by atoms with E-state index >= 15 is 0 Å². The molecule has 0 bridgehead atoms. The van der Waals surface area contributed by atoms with E-state index in [2.05, 4.69) is 15.0 Å². The van der Waals surface area contributed by atoms with Crippen molar-refractivity contribution in [2.75, 3.05) is 12.0 Å². The third-order valence-corrected chi connectivity index (χ3v) is 2.72. The van der Waals surface area contributed by atoms with Gasteiger partial charge in [0.15, 0.2) is 10.6 Å². The van der Waals surface area contributed by atoms with E-state index < -0.39 is 0 Å². The molecule has 0 saturated heterocycles. The fourth-order valence-corrected chi connectivity index (χ4v) is 1.75. The zero-order valence-electron chi connectivity index (χ0n) is 8.52. The van der Waals surface area contributed by atoms with Gasteiger partial charge in [0, 0.05) is 11.8 Å². The van der Waals surface area contributed by atoms with Gasteiger partial charge in [-0.05, 0) is 6.26 Å². The summed E-state index contributed by atoms with van der Waals surface area (Å²) in [6, 6.07) is 0. The molecule has 0 fully saturated rings. The topological polar surface area (TPSA) is 105 Å². The van der Waals surface area contributed by atoms with Gasteiger partial charge in [-0.1, -0.05) is 11.8 Å². The van der Waals surface area contributed by atoms with Crippen LogP contribution in [0.1, 0.15) is 5.56 Å². The standard InChI is InChI=1S/C9H10N4O2S/c1-16-9-12-7(10)5-6(15)4(3-14)2-11-8(5)13-9/h2,14H,3H2,1H3,(H3,10,11,12,13,15). The van der Waals surface area contributed by atoms with Crippen LogP contribution in [-0.4, -0.2) is 26.3 Å². The molecule has 0 aromatic carbocycles. The van der Waals surface area contributed by atoms with Crippen molar-refractivity contribution in [3.63, 3.8) is 0 Å². The lowest BCUT2D eigenvalue weighted by Crippen LogP contribution is -2.14. The van der Waals surface area contributed by atoms with Crippen LogP contribution in [-0.2, 0) is 6.61 Å². The zero-order valence-corrected chi connectivity index (χ0v) is 9.34. The van der Waals surface area contributed by atoms with Gasteiger partial charge < -0.3 is 15.8 Å². The molecule has 0 aliphatic rings. The lowest BCUT2D eigenvalue weighted by Gasteiger charge is -2.04. The summed E-state index contributed by atoms with van der Waals surface area (Å²) in [5.41, 5.74) is 6.00. The Kier molecular flexibility index (Phi) is 2.80. The number of anilines is 1. The lowest BCUT2D eigenvalue weighted by atomic mass is 10.2. The minimum atomic E-state index is -0.338. The highest BCUT2D eigenvalue weighted by atomic mass is 32.2. The largest absolute Gasteiger partial charge is 0.391 e. The summed E-state index contributed by atoms with van der Waals surface area (Å²) in [5.74, 6) is 0.130. The van der Waals surface area contributed by atoms with Gasteiger partial charge in [-0.2, -0.15) is 0 Å². The van der Waals surface area contributed by atoms with Gasteiger partial charge in [-0.3, -0.25) is 4.79 Å². The maximum atomic E-state index is 11.8. The van der Waals surface area contributed by atoms with Crippen LogP contribution in [0.3, 0.4) is 0 Å². The molecule has 0 radical (unpaired) electrons. The molecule has 0 unspecified atom stereocenters. The molecule has 6 nitrogen and oxygen atoms in total. The Morgan fingerprint density at radius 1 is 1.56 bits per heavy atom. The third-order valence-electron chi connectivity index (χ3n) is 2.17. The second-order valence-corrected chi connectivity index (χ2v) is 3.89. The number of thioether (sulfide) groups is 1. The Morgan fingerprint density at radius 2 is 2.31 bits per heavy atom. The molecule has 2 aromatic heterocycles. The normalized spacial score (nSPS) is 10.9. The first-order valence-electron chi connectivity index (χ1n) is 4.50. The molecule has 2 heterocycles. The summed E-state index contributed by atoms with van der Waals surface area (Å²) < 4.78 is 0. The van der Waals surface area contributed by atoms with Gasteiger partial charge in [-0.25, -0.2) is 9.97 Å². The van der Waals surface area contributed by atoms with E-state index in [9.17, 15) is 4.79 Å². The smallest absolute Gasteiger partial charge is 0.200 e. The first-order valence-corrected chi connectivity index (χ1v) is 5.72. The molecule has 0 spiro atoms. The molecule has 2 rings (SSSR count). The summed E-state index contributed by atoms with van der Waals surface area (Å²) in [6.45, 7) is -0.338. The number of H-pyrrole nitrogens is 1. The summed E-state index contributed by atoms with van der Waals surface area (Å²) in [5, 5.41) is 9.69. The average Bonchev–Trinajstić information content (AvgIpc) is 2.28. The average molecular weight is 238 g/mol. The summed E-state index contributed by atoms with van der Waals surface area (Å²) >= 11 is 1.34. The monoisotopic (exact) mass is 238 g/mol. The molecule has 0 saturated carbocycles. The molecule has 2 aromatic rings. The highest BCUT2D eigenvalue weighted by Crippen LogP contribution is 2.17. The Balaban J connectivity index is 2.85. The van der Waals surface area contributed by atoms with Crippen molar-refractivity contribution in [2.24, 2.45) is 0 Å². The van der Waals surface area contributed by atoms with Crippen molar-refractivity contribution >= 4 is 28.6 Å². The van der Waals surface area contributed by atoms with Crippen LogP contribution in [0.2, 0.25) is 0 Å². The number of nitrogens with zero attached hydrogens (tertiary/aromatic N) is 2. The molecular formula is C9H10N4O2S. The molecule has 0 aliphatic carbocycles. The summed E-state index contributed by atoms with van der Waals surface area (Å²) in [7, 11) is 0. The molecule has 0 amide bonds. The highest BCUT2D eigenvalue weighted by molar-refractivity contribution is 7.98. The second kappa shape index (κ2) is 4.11. The number of pyridine rings is 1. The van der Waals surface area contributed by atoms with E-state index in [0.29, 0.717) is 10.8 Å². The first-order chi connectivity index (χ1) is 7.67. The van der Waals surface area contributed by atoms with E-state index in [1.165, 1.54) is 18.0 Å². The van der Waals surface area contributed by atoms with Gasteiger partial charge in [0.2, 0.25) is 0 Å². The van der Waals surface area contributed by atoms with Crippen LogP contribution >= 0.6 is 11.8 Å². The number of aliphatic hydroxyl groups is 1. The lowest BCUT2D eigenvalue weighted by molar-refractivity contribution is 0.280. The summed E-state index contributed by atoms with van der Waals surface area (Å²) in [6.07, 6.45) is 3.25. The van der Waals surface area contributed by atoms with Crippen LogP contribution in [0, 0.1) is 0 Å². The van der Waals surface area contributed by atoms with Crippen LogP contribution in [0.15, 0.2) is 16.1 Å². The number of aliphatic hydroxyl groups excluding tert-OH is 1. The predicted molar refractivity (Wildman–Crippen MR) is 62.3 cm³/mol. The number of nitrogens with one attached hydrogen (secondary N) is 1. The van der Waals surface area contributed by atoms with Crippen molar-refractivity contribution in [1.82, 2.24) is 15.0 Å². The van der Waals surface area contributed by atoms with Gasteiger partial charge in [0.05, 0.1) is 6.61 Å². The minimum absolute atomic E-state index is 0.130. The molecule has 7 heteroatoms. The molecule has 0 aliphatic heterocycles. The van der Waals surface area contributed by atoms with Gasteiger partial charge in [0.1, 0.15) is 16.9 Å². The number of aromatic amines is 1. The number of aromatic nitrogens is 3. The van der Waals surface area contributed by atoms with Crippen LogP contribution in [0.5, 0.6) is 0 Å². The Labute approximate surface area is 94.9 Å². The number of rotatable bonds is 2. The maximum Gasteiger partial charge on any atom is 0.200 e. The van der Waals surface area contributed by atoms with E-state index in [1.54, 1.807) is 0 Å². The molecule has 16 heavy (non-hydrogen) atoms. The summed E-state index contributed by atoms with van der Waals surface area (Å²) in [4.78, 5) is 22.8. The number of nitrogens with two attached hydrogens (primary N) is 1. The Morgan fingerprint density at radius 3 is 2.94 bits per heavy atom. The van der Waals surface area contributed by atoms with E-state index in [4.69, 9.17) is 10.8 Å². The second-order valence-electron chi connectivity index (χ2n) is 3.12. The van der Waals surface area contributed by atoms with Crippen molar-refractivity contribution in [3.05, 3.63) is 22.0 Å². The SMILES string of the molecule is CSc1nc(N)c2c(=O)c(CO)c[nH]c2n1. The number of hydrogen-bond acceptors (Lipinski definition) is 6. The zero-order chi connectivity index (χ0) is 11.7. The first kappa shape index (κ1) is 10.9. The van der Waals surface area contributed by atoms with Crippen molar-refractivity contribution in [2.45, 2.75) is 11.8 Å². The van der Waals surface area contributed by atoms with E-state index in [-0.39, 0.29) is 28.8 Å². The molecular weight excluding hydrogens is 228 g/mol. The van der Waals surface area contributed by atoms with Gasteiger partial charge in [0.25, 0.3) is 0 Å². The third kappa shape index (κ3) is 1.63. The van der Waals surface area contributed by atoms with Crippen LogP contribution in [0.4, 0.5) is 5.82 Å². The molecule has 4 N–H and O–H groups in total. The number of nitrogen functional groups attached to an aromatic ring is 1. The maximum absolute atomic E-state index is 11.8. The fraction of sp³-hybridized carbons (Fsp3) is 0.222. The highest BCUT2D eigenvalue weighted by Gasteiger charge is 2.11. The minimum Gasteiger partial charge on any atom is -0.391 e. The number of hydrogen-bond donors (Lipinski definition) is 3.